The fraction of sp³-hybridized carbons (Fsp3) is 0.0952. The molecular formula is C21H16Cl2N4O2. The molecule has 0 unspecified atom stereocenters. The molecule has 0 spiro atoms. The first-order valence-electron chi connectivity index (χ1n) is 8.77. The largest absolute Gasteiger partial charge is 0.495 e. The third-order valence-corrected chi connectivity index (χ3v) is 4.86. The fourth-order valence-electron chi connectivity index (χ4n) is 2.88. The van der Waals surface area contributed by atoms with Crippen LogP contribution in [0.15, 0.2) is 60.7 Å². The Morgan fingerprint density at radius 3 is 2.48 bits per heavy atom. The predicted molar refractivity (Wildman–Crippen MR) is 114 cm³/mol. The Labute approximate surface area is 177 Å². The molecule has 1 N–H and O–H groups in total. The van der Waals surface area contributed by atoms with Crippen LogP contribution >= 0.6 is 23.2 Å². The minimum absolute atomic E-state index is 0.124. The molecule has 4 rings (SSSR count). The van der Waals surface area contributed by atoms with Crippen LogP contribution in [0.25, 0.3) is 16.7 Å². The van der Waals surface area contributed by atoms with Crippen molar-refractivity contribution in [2.45, 2.75) is 6.42 Å². The number of anilines is 1. The number of hydrogen-bond acceptors (Lipinski definition) is 4. The van der Waals surface area contributed by atoms with Gasteiger partial charge in [0.25, 0.3) is 0 Å². The predicted octanol–water partition coefficient (Wildman–Crippen LogP) is 4.92. The number of nitrogens with one attached hydrogen (secondary N) is 1. The number of aromatic nitrogens is 3. The van der Waals surface area contributed by atoms with Gasteiger partial charge in [0, 0.05) is 10.7 Å². The third kappa shape index (κ3) is 4.34. The second-order valence-electron chi connectivity index (χ2n) is 6.36. The molecule has 1 amide bonds. The number of hydrogen-bond donors (Lipinski definition) is 1. The number of halogens is 2. The molecule has 0 aliphatic heterocycles. The van der Waals surface area contributed by atoms with Gasteiger partial charge in [0.05, 0.1) is 24.2 Å². The normalized spacial score (nSPS) is 10.9. The van der Waals surface area contributed by atoms with Crippen LogP contribution in [0.2, 0.25) is 10.0 Å². The van der Waals surface area contributed by atoms with Crippen molar-refractivity contribution in [1.82, 2.24) is 15.0 Å². The molecule has 0 fully saturated rings. The molecule has 0 radical (unpaired) electrons. The molecule has 0 aliphatic carbocycles. The lowest BCUT2D eigenvalue weighted by Crippen LogP contribution is -2.14. The number of carbonyl (C=O) groups is 1. The first-order chi connectivity index (χ1) is 14.0. The van der Waals surface area contributed by atoms with Gasteiger partial charge in [0.15, 0.2) is 0 Å². The lowest BCUT2D eigenvalue weighted by molar-refractivity contribution is -0.115. The Kier molecular flexibility index (Phi) is 5.38. The average molecular weight is 427 g/mol. The monoisotopic (exact) mass is 426 g/mol. The van der Waals surface area contributed by atoms with Crippen LogP contribution in [0.5, 0.6) is 5.75 Å². The van der Waals surface area contributed by atoms with E-state index < -0.39 is 0 Å². The van der Waals surface area contributed by atoms with Crippen LogP contribution in [0.3, 0.4) is 0 Å². The molecular weight excluding hydrogens is 411 g/mol. The SMILES string of the molecule is COc1ccc(-n2nc3ccc(NC(=O)Cc4ccc(Cl)cc4)cc3n2)cc1Cl. The van der Waals surface area contributed by atoms with E-state index in [1.807, 2.05) is 24.3 Å². The van der Waals surface area contributed by atoms with Crippen molar-refractivity contribution < 1.29 is 9.53 Å². The lowest BCUT2D eigenvalue weighted by Gasteiger charge is -2.05. The van der Waals surface area contributed by atoms with E-state index in [0.29, 0.717) is 38.2 Å². The summed E-state index contributed by atoms with van der Waals surface area (Å²) in [6.45, 7) is 0. The van der Waals surface area contributed by atoms with Gasteiger partial charge in [-0.1, -0.05) is 35.3 Å². The standard InChI is InChI=1S/C21H16Cl2N4O2/c1-29-20-9-7-16(12-17(20)23)27-25-18-8-6-15(11-19(18)26-27)24-21(28)10-13-2-4-14(22)5-3-13/h2-9,11-12H,10H2,1H3,(H,24,28). The number of nitrogens with zero attached hydrogens (tertiary/aromatic N) is 3. The minimum Gasteiger partial charge on any atom is -0.495 e. The molecule has 8 heteroatoms. The van der Waals surface area contributed by atoms with E-state index >= 15 is 0 Å². The van der Waals surface area contributed by atoms with Crippen molar-refractivity contribution in [2.75, 3.05) is 12.4 Å². The van der Waals surface area contributed by atoms with Gasteiger partial charge in [0.2, 0.25) is 5.91 Å². The van der Waals surface area contributed by atoms with Crippen molar-refractivity contribution in [1.29, 1.82) is 0 Å². The maximum Gasteiger partial charge on any atom is 0.228 e. The molecule has 6 nitrogen and oxygen atoms in total. The molecule has 146 valence electrons. The molecule has 1 heterocycles. The van der Waals surface area contributed by atoms with E-state index in [-0.39, 0.29) is 12.3 Å². The molecule has 0 bridgehead atoms. The first-order valence-corrected chi connectivity index (χ1v) is 9.53. The van der Waals surface area contributed by atoms with Gasteiger partial charge in [-0.15, -0.1) is 10.2 Å². The highest BCUT2D eigenvalue weighted by Gasteiger charge is 2.10. The molecule has 0 saturated carbocycles. The average Bonchev–Trinajstić information content (AvgIpc) is 3.13. The zero-order valence-corrected chi connectivity index (χ0v) is 16.9. The van der Waals surface area contributed by atoms with E-state index in [1.54, 1.807) is 43.5 Å². The van der Waals surface area contributed by atoms with Gasteiger partial charge >= 0.3 is 0 Å². The fourth-order valence-corrected chi connectivity index (χ4v) is 3.26. The van der Waals surface area contributed by atoms with E-state index in [1.165, 1.54) is 4.80 Å². The van der Waals surface area contributed by atoms with Crippen molar-refractivity contribution in [3.63, 3.8) is 0 Å². The summed E-state index contributed by atoms with van der Waals surface area (Å²) >= 11 is 12.1. The first kappa shape index (κ1) is 19.2. The third-order valence-electron chi connectivity index (χ3n) is 4.31. The molecule has 1 aromatic heterocycles. The number of amides is 1. The van der Waals surface area contributed by atoms with Crippen molar-refractivity contribution in [3.8, 4) is 11.4 Å². The van der Waals surface area contributed by atoms with Crippen LogP contribution in [-0.2, 0) is 11.2 Å². The topological polar surface area (TPSA) is 69.0 Å². The summed E-state index contributed by atoms with van der Waals surface area (Å²) in [5.41, 5.74) is 3.60. The molecule has 3 aromatic carbocycles. The summed E-state index contributed by atoms with van der Waals surface area (Å²) in [6.07, 6.45) is 0.256. The van der Waals surface area contributed by atoms with Crippen LogP contribution in [-0.4, -0.2) is 28.0 Å². The molecule has 0 atom stereocenters. The Hall–Kier alpha value is -3.09. The maximum absolute atomic E-state index is 12.3. The summed E-state index contributed by atoms with van der Waals surface area (Å²) in [5.74, 6) is 0.457. The van der Waals surface area contributed by atoms with Crippen LogP contribution in [0.1, 0.15) is 5.56 Å². The number of ether oxygens (including phenoxy) is 1. The second kappa shape index (κ2) is 8.11. The minimum atomic E-state index is -0.124. The summed E-state index contributed by atoms with van der Waals surface area (Å²) in [7, 11) is 1.56. The molecule has 4 aromatic rings. The van der Waals surface area contributed by atoms with Crippen molar-refractivity contribution >= 4 is 45.8 Å². The summed E-state index contributed by atoms with van der Waals surface area (Å²) < 4.78 is 5.17. The molecule has 29 heavy (non-hydrogen) atoms. The number of rotatable bonds is 5. The van der Waals surface area contributed by atoms with Gasteiger partial charge in [0.1, 0.15) is 16.8 Å². The number of fused-ring (bicyclic) bond motifs is 1. The highest BCUT2D eigenvalue weighted by molar-refractivity contribution is 6.32. The maximum atomic E-state index is 12.3. The van der Waals surface area contributed by atoms with Gasteiger partial charge in [-0.3, -0.25) is 4.79 Å². The van der Waals surface area contributed by atoms with Crippen LogP contribution in [0, 0.1) is 0 Å². The van der Waals surface area contributed by atoms with E-state index in [4.69, 9.17) is 27.9 Å². The van der Waals surface area contributed by atoms with E-state index in [2.05, 4.69) is 15.5 Å². The smallest absolute Gasteiger partial charge is 0.228 e. The summed E-state index contributed by atoms with van der Waals surface area (Å²) in [4.78, 5) is 13.8. The molecule has 0 aliphatic rings. The van der Waals surface area contributed by atoms with Gasteiger partial charge in [-0.05, 0) is 54.1 Å². The van der Waals surface area contributed by atoms with E-state index in [9.17, 15) is 4.79 Å². The quantitative estimate of drug-likeness (QED) is 0.491. The van der Waals surface area contributed by atoms with E-state index in [0.717, 1.165) is 5.56 Å². The highest BCUT2D eigenvalue weighted by atomic mass is 35.5. The zero-order chi connectivity index (χ0) is 20.4. The molecule has 0 saturated heterocycles. The Morgan fingerprint density at radius 2 is 1.76 bits per heavy atom. The second-order valence-corrected chi connectivity index (χ2v) is 7.21. The Balaban J connectivity index is 1.53. The Morgan fingerprint density at radius 1 is 1.00 bits per heavy atom. The number of carbonyl (C=O) groups excluding carboxylic acids is 1. The zero-order valence-electron chi connectivity index (χ0n) is 15.4. The number of methoxy groups -OCH3 is 1. The highest BCUT2D eigenvalue weighted by Crippen LogP contribution is 2.27. The van der Waals surface area contributed by atoms with Gasteiger partial charge < -0.3 is 10.1 Å². The Bertz CT molecular complexity index is 1190. The van der Waals surface area contributed by atoms with Crippen LogP contribution in [0.4, 0.5) is 5.69 Å². The van der Waals surface area contributed by atoms with Gasteiger partial charge in [-0.25, -0.2) is 0 Å². The van der Waals surface area contributed by atoms with Gasteiger partial charge in [-0.2, -0.15) is 4.80 Å². The number of benzene rings is 3. The van der Waals surface area contributed by atoms with Crippen LogP contribution < -0.4 is 10.1 Å². The van der Waals surface area contributed by atoms with Crippen molar-refractivity contribution in [2.24, 2.45) is 0 Å². The summed E-state index contributed by atoms with van der Waals surface area (Å²) in [6, 6.07) is 17.9. The lowest BCUT2D eigenvalue weighted by atomic mass is 10.1. The van der Waals surface area contributed by atoms with Crippen molar-refractivity contribution in [3.05, 3.63) is 76.3 Å². The summed E-state index contributed by atoms with van der Waals surface area (Å²) in [5, 5.41) is 12.9.